The Morgan fingerprint density at radius 2 is 1.74 bits per heavy atom. The van der Waals surface area contributed by atoms with E-state index >= 15 is 0 Å². The standard InChI is InChI=1S/C20H24N2O5/c1-12-7-3-6-10-16(12)21-18(24)13(2)27-17(23)11-22-19(25)14-8-4-5-9-15(14)20(22)26/h4-5,8-9,12-13,16H,3,6-7,10-11H2,1-2H3,(H,21,24)/t12-,13+,16-/m0/s1. The molecule has 1 aromatic rings. The molecule has 1 aliphatic carbocycles. The fourth-order valence-corrected chi connectivity index (χ4v) is 3.63. The zero-order valence-corrected chi connectivity index (χ0v) is 15.6. The Morgan fingerprint density at radius 1 is 1.15 bits per heavy atom. The molecule has 1 saturated carbocycles. The average molecular weight is 372 g/mol. The number of nitrogens with zero attached hydrogens (tertiary/aromatic N) is 1. The van der Waals surface area contributed by atoms with Crippen LogP contribution in [0.5, 0.6) is 0 Å². The molecule has 27 heavy (non-hydrogen) atoms. The second kappa shape index (κ2) is 7.90. The lowest BCUT2D eigenvalue weighted by Gasteiger charge is -2.30. The highest BCUT2D eigenvalue weighted by Gasteiger charge is 2.37. The van der Waals surface area contributed by atoms with Crippen LogP contribution >= 0.6 is 0 Å². The van der Waals surface area contributed by atoms with Gasteiger partial charge in [-0.05, 0) is 37.8 Å². The minimum absolute atomic E-state index is 0.0867. The minimum Gasteiger partial charge on any atom is -0.451 e. The molecule has 2 aliphatic rings. The van der Waals surface area contributed by atoms with E-state index in [1.807, 2.05) is 0 Å². The van der Waals surface area contributed by atoms with Crippen molar-refractivity contribution in [2.24, 2.45) is 5.92 Å². The average Bonchev–Trinajstić information content (AvgIpc) is 2.89. The molecule has 1 aliphatic heterocycles. The molecule has 0 aromatic heterocycles. The van der Waals surface area contributed by atoms with Crippen molar-refractivity contribution in [1.82, 2.24) is 10.2 Å². The number of fused-ring (bicyclic) bond motifs is 1. The molecule has 1 N–H and O–H groups in total. The molecule has 1 heterocycles. The molecule has 3 atom stereocenters. The van der Waals surface area contributed by atoms with Gasteiger partial charge in [0.05, 0.1) is 11.1 Å². The number of hydrogen-bond donors (Lipinski definition) is 1. The molecule has 1 aromatic carbocycles. The second-order valence-electron chi connectivity index (χ2n) is 7.25. The van der Waals surface area contributed by atoms with Gasteiger partial charge in [-0.2, -0.15) is 0 Å². The van der Waals surface area contributed by atoms with E-state index in [4.69, 9.17) is 4.74 Å². The molecular weight excluding hydrogens is 348 g/mol. The molecule has 0 saturated heterocycles. The number of nitrogens with one attached hydrogen (secondary N) is 1. The molecule has 0 unspecified atom stereocenters. The van der Waals surface area contributed by atoms with Crippen molar-refractivity contribution in [2.45, 2.75) is 51.7 Å². The number of benzene rings is 1. The molecule has 3 rings (SSSR count). The monoisotopic (exact) mass is 372 g/mol. The van der Waals surface area contributed by atoms with E-state index in [0.717, 1.165) is 24.2 Å². The Kier molecular flexibility index (Phi) is 5.58. The summed E-state index contributed by atoms with van der Waals surface area (Å²) in [5, 5.41) is 2.94. The fourth-order valence-electron chi connectivity index (χ4n) is 3.63. The van der Waals surface area contributed by atoms with Gasteiger partial charge in [0.2, 0.25) is 0 Å². The molecule has 7 heteroatoms. The molecular formula is C20H24N2O5. The van der Waals surface area contributed by atoms with E-state index < -0.39 is 30.4 Å². The zero-order valence-electron chi connectivity index (χ0n) is 15.6. The zero-order chi connectivity index (χ0) is 19.6. The molecule has 1 fully saturated rings. The van der Waals surface area contributed by atoms with Crippen LogP contribution < -0.4 is 5.32 Å². The lowest BCUT2D eigenvalue weighted by molar-refractivity contribution is -0.155. The maximum atomic E-state index is 12.3. The number of rotatable bonds is 5. The summed E-state index contributed by atoms with van der Waals surface area (Å²) in [6.45, 7) is 3.08. The summed E-state index contributed by atoms with van der Waals surface area (Å²) < 4.78 is 5.15. The van der Waals surface area contributed by atoms with E-state index in [1.165, 1.54) is 13.3 Å². The van der Waals surface area contributed by atoms with Crippen molar-refractivity contribution < 1.29 is 23.9 Å². The smallest absolute Gasteiger partial charge is 0.326 e. The third kappa shape index (κ3) is 4.02. The summed E-state index contributed by atoms with van der Waals surface area (Å²) in [5.74, 6) is -1.81. The Hall–Kier alpha value is -2.70. The van der Waals surface area contributed by atoms with Crippen molar-refractivity contribution in [3.63, 3.8) is 0 Å². The van der Waals surface area contributed by atoms with Gasteiger partial charge in [-0.3, -0.25) is 24.1 Å². The van der Waals surface area contributed by atoms with Crippen LogP contribution in [0.3, 0.4) is 0 Å². The topological polar surface area (TPSA) is 92.8 Å². The van der Waals surface area contributed by atoms with Crippen LogP contribution in [0, 0.1) is 5.92 Å². The van der Waals surface area contributed by atoms with E-state index in [2.05, 4.69) is 12.2 Å². The van der Waals surface area contributed by atoms with Gasteiger partial charge in [0, 0.05) is 6.04 Å². The van der Waals surface area contributed by atoms with Crippen LogP contribution in [-0.2, 0) is 14.3 Å². The van der Waals surface area contributed by atoms with Gasteiger partial charge in [0.1, 0.15) is 6.54 Å². The number of ether oxygens (including phenoxy) is 1. The highest BCUT2D eigenvalue weighted by atomic mass is 16.5. The SMILES string of the molecule is C[C@@H](OC(=O)CN1C(=O)c2ccccc2C1=O)C(=O)N[C@H]1CCCC[C@@H]1C. The van der Waals surface area contributed by atoms with Gasteiger partial charge in [-0.25, -0.2) is 0 Å². The van der Waals surface area contributed by atoms with Gasteiger partial charge in [0.15, 0.2) is 6.10 Å². The lowest BCUT2D eigenvalue weighted by Crippen LogP contribution is -2.46. The van der Waals surface area contributed by atoms with Crippen molar-refractivity contribution in [2.75, 3.05) is 6.54 Å². The molecule has 0 radical (unpaired) electrons. The van der Waals surface area contributed by atoms with Gasteiger partial charge in [0.25, 0.3) is 17.7 Å². The first kappa shape index (κ1) is 19.1. The number of carbonyl (C=O) groups is 4. The van der Waals surface area contributed by atoms with E-state index in [9.17, 15) is 19.2 Å². The number of esters is 1. The van der Waals surface area contributed by atoms with Crippen LogP contribution in [-0.4, -0.2) is 47.3 Å². The van der Waals surface area contributed by atoms with Crippen LogP contribution in [0.1, 0.15) is 60.2 Å². The Labute approximate surface area is 158 Å². The summed E-state index contributed by atoms with van der Waals surface area (Å²) in [5.41, 5.74) is 0.541. The highest BCUT2D eigenvalue weighted by molar-refractivity contribution is 6.22. The van der Waals surface area contributed by atoms with Crippen LogP contribution in [0.25, 0.3) is 0 Å². The van der Waals surface area contributed by atoms with E-state index in [0.29, 0.717) is 5.92 Å². The van der Waals surface area contributed by atoms with Crippen LogP contribution in [0.2, 0.25) is 0 Å². The number of amides is 3. The predicted octanol–water partition coefficient (Wildman–Crippen LogP) is 1.91. The summed E-state index contributed by atoms with van der Waals surface area (Å²) in [4.78, 5) is 49.9. The molecule has 7 nitrogen and oxygen atoms in total. The van der Waals surface area contributed by atoms with Gasteiger partial charge in [-0.15, -0.1) is 0 Å². The second-order valence-corrected chi connectivity index (χ2v) is 7.25. The maximum absolute atomic E-state index is 12.3. The molecule has 144 valence electrons. The minimum atomic E-state index is -0.984. The fraction of sp³-hybridized carbons (Fsp3) is 0.500. The summed E-state index contributed by atoms with van der Waals surface area (Å²) in [6.07, 6.45) is 3.24. The Balaban J connectivity index is 1.54. The summed E-state index contributed by atoms with van der Waals surface area (Å²) in [6, 6.07) is 6.49. The largest absolute Gasteiger partial charge is 0.451 e. The summed E-state index contributed by atoms with van der Waals surface area (Å²) in [7, 11) is 0. The van der Waals surface area contributed by atoms with Crippen LogP contribution in [0.15, 0.2) is 24.3 Å². The van der Waals surface area contributed by atoms with Crippen molar-refractivity contribution in [3.05, 3.63) is 35.4 Å². The number of hydrogen-bond acceptors (Lipinski definition) is 5. The number of imide groups is 1. The Bertz CT molecular complexity index is 740. The first-order valence-electron chi connectivity index (χ1n) is 9.33. The Morgan fingerprint density at radius 3 is 2.33 bits per heavy atom. The van der Waals surface area contributed by atoms with Gasteiger partial charge >= 0.3 is 5.97 Å². The van der Waals surface area contributed by atoms with Gasteiger partial charge in [-0.1, -0.05) is 31.9 Å². The first-order valence-corrected chi connectivity index (χ1v) is 9.33. The quantitative estimate of drug-likeness (QED) is 0.630. The highest BCUT2D eigenvalue weighted by Crippen LogP contribution is 2.24. The molecule has 3 amide bonds. The van der Waals surface area contributed by atoms with Crippen molar-refractivity contribution in [3.8, 4) is 0 Å². The first-order chi connectivity index (χ1) is 12.9. The molecule has 0 spiro atoms. The van der Waals surface area contributed by atoms with Crippen molar-refractivity contribution >= 4 is 23.7 Å². The van der Waals surface area contributed by atoms with Crippen LogP contribution in [0.4, 0.5) is 0 Å². The predicted molar refractivity (Wildman–Crippen MR) is 96.9 cm³/mol. The third-order valence-corrected chi connectivity index (χ3v) is 5.28. The van der Waals surface area contributed by atoms with Gasteiger partial charge < -0.3 is 10.1 Å². The lowest BCUT2D eigenvalue weighted by atomic mass is 9.86. The summed E-state index contributed by atoms with van der Waals surface area (Å²) >= 11 is 0. The third-order valence-electron chi connectivity index (χ3n) is 5.28. The maximum Gasteiger partial charge on any atom is 0.326 e. The van der Waals surface area contributed by atoms with Crippen molar-refractivity contribution in [1.29, 1.82) is 0 Å². The van der Waals surface area contributed by atoms with E-state index in [1.54, 1.807) is 24.3 Å². The normalized spacial score (nSPS) is 23.0. The molecule has 0 bridgehead atoms. The van der Waals surface area contributed by atoms with E-state index in [-0.39, 0.29) is 23.1 Å². The number of carbonyl (C=O) groups excluding carboxylic acids is 4.